The third-order valence-electron chi connectivity index (χ3n) is 3.98. The van der Waals surface area contributed by atoms with Crippen molar-refractivity contribution in [2.75, 3.05) is 6.54 Å². The van der Waals surface area contributed by atoms with Crippen LogP contribution in [-0.2, 0) is 0 Å². The summed E-state index contributed by atoms with van der Waals surface area (Å²) < 4.78 is 1.77. The van der Waals surface area contributed by atoms with Gasteiger partial charge in [0.1, 0.15) is 0 Å². The number of rotatable bonds is 6. The first-order valence-electron chi connectivity index (χ1n) is 7.99. The number of benzene rings is 1. The number of hydrogen-bond acceptors (Lipinski definition) is 3. The van der Waals surface area contributed by atoms with E-state index in [-0.39, 0.29) is 5.91 Å². The number of para-hydroxylation sites is 1. The fraction of sp³-hybridized carbons (Fsp3) is 0.444. The van der Waals surface area contributed by atoms with Gasteiger partial charge < -0.3 is 11.1 Å². The molecule has 0 aliphatic heterocycles. The molecule has 0 aliphatic rings. The highest BCUT2D eigenvalue weighted by Crippen LogP contribution is 2.18. The Morgan fingerprint density at radius 3 is 2.57 bits per heavy atom. The van der Waals surface area contributed by atoms with Crippen molar-refractivity contribution in [3.8, 4) is 5.69 Å². The molecule has 0 bridgehead atoms. The Hall–Kier alpha value is -2.14. The maximum Gasteiger partial charge on any atom is 0.255 e. The number of amides is 1. The molecule has 5 heteroatoms. The van der Waals surface area contributed by atoms with Crippen molar-refractivity contribution in [1.29, 1.82) is 0 Å². The summed E-state index contributed by atoms with van der Waals surface area (Å²) >= 11 is 0. The largest absolute Gasteiger partial charge is 0.345 e. The first-order valence-corrected chi connectivity index (χ1v) is 7.99. The maximum absolute atomic E-state index is 12.6. The van der Waals surface area contributed by atoms with E-state index in [1.165, 1.54) is 0 Å². The van der Waals surface area contributed by atoms with Crippen LogP contribution in [0.1, 0.15) is 43.2 Å². The Labute approximate surface area is 137 Å². The quantitative estimate of drug-likeness (QED) is 0.861. The highest BCUT2D eigenvalue weighted by molar-refractivity contribution is 5.95. The van der Waals surface area contributed by atoms with Crippen LogP contribution in [0, 0.1) is 12.8 Å². The monoisotopic (exact) mass is 314 g/mol. The van der Waals surface area contributed by atoms with Gasteiger partial charge in [-0.15, -0.1) is 0 Å². The zero-order chi connectivity index (χ0) is 17.0. The minimum absolute atomic E-state index is 0.127. The molecule has 1 aromatic carbocycles. The Balaban J connectivity index is 2.22. The molecule has 1 amide bonds. The molecule has 3 N–H and O–H groups in total. The number of hydrogen-bond donors (Lipinski definition) is 2. The molecular formula is C18H26N4O. The predicted molar refractivity (Wildman–Crippen MR) is 92.7 cm³/mol. The molecule has 1 heterocycles. The zero-order valence-corrected chi connectivity index (χ0v) is 14.3. The van der Waals surface area contributed by atoms with Gasteiger partial charge in [0.2, 0.25) is 0 Å². The molecule has 0 saturated heterocycles. The number of nitrogens with one attached hydrogen (secondary N) is 1. The SMILES string of the molecule is Cc1c(C(=O)NC(C)(CN)CC(C)C)cnn1-c1ccccc1. The van der Waals surface area contributed by atoms with Crippen LogP contribution < -0.4 is 11.1 Å². The Kier molecular flexibility index (Phi) is 5.21. The first kappa shape index (κ1) is 17.2. The summed E-state index contributed by atoms with van der Waals surface area (Å²) in [5.74, 6) is 0.329. The second-order valence-corrected chi connectivity index (χ2v) is 6.71. The van der Waals surface area contributed by atoms with Crippen LogP contribution in [0.25, 0.3) is 5.69 Å². The molecule has 0 saturated carbocycles. The van der Waals surface area contributed by atoms with Crippen LogP contribution in [0.4, 0.5) is 0 Å². The molecule has 1 aromatic heterocycles. The third-order valence-corrected chi connectivity index (χ3v) is 3.98. The number of nitrogens with zero attached hydrogens (tertiary/aromatic N) is 2. The predicted octanol–water partition coefficient (Wildman–Crippen LogP) is 2.67. The van der Waals surface area contributed by atoms with E-state index in [4.69, 9.17) is 5.73 Å². The van der Waals surface area contributed by atoms with Gasteiger partial charge in [0.25, 0.3) is 5.91 Å². The van der Waals surface area contributed by atoms with Crippen LogP contribution in [0.5, 0.6) is 0 Å². The summed E-state index contributed by atoms with van der Waals surface area (Å²) in [4.78, 5) is 12.6. The van der Waals surface area contributed by atoms with Gasteiger partial charge in [-0.2, -0.15) is 5.10 Å². The van der Waals surface area contributed by atoms with Gasteiger partial charge in [-0.1, -0.05) is 32.0 Å². The Bertz CT molecular complexity index is 663. The summed E-state index contributed by atoms with van der Waals surface area (Å²) in [6, 6.07) is 9.78. The molecule has 23 heavy (non-hydrogen) atoms. The second-order valence-electron chi connectivity index (χ2n) is 6.71. The van der Waals surface area contributed by atoms with Crippen LogP contribution in [0.3, 0.4) is 0 Å². The average Bonchev–Trinajstić information content (AvgIpc) is 2.89. The molecule has 0 spiro atoms. The molecule has 5 nitrogen and oxygen atoms in total. The highest BCUT2D eigenvalue weighted by Gasteiger charge is 2.27. The molecule has 1 atom stereocenters. The molecular weight excluding hydrogens is 288 g/mol. The minimum Gasteiger partial charge on any atom is -0.345 e. The average molecular weight is 314 g/mol. The number of nitrogens with two attached hydrogens (primary N) is 1. The minimum atomic E-state index is -0.410. The van der Waals surface area contributed by atoms with E-state index < -0.39 is 5.54 Å². The molecule has 0 radical (unpaired) electrons. The summed E-state index contributed by atoms with van der Waals surface area (Å²) in [5, 5.41) is 7.43. The summed E-state index contributed by atoms with van der Waals surface area (Å²) in [6.45, 7) is 8.54. The Morgan fingerprint density at radius 2 is 2.00 bits per heavy atom. The topological polar surface area (TPSA) is 72.9 Å². The number of carbonyl (C=O) groups is 1. The van der Waals surface area contributed by atoms with Crippen LogP contribution in [-0.4, -0.2) is 27.8 Å². The van der Waals surface area contributed by atoms with E-state index >= 15 is 0 Å². The lowest BCUT2D eigenvalue weighted by atomic mass is 9.90. The van der Waals surface area contributed by atoms with E-state index in [9.17, 15) is 4.79 Å². The van der Waals surface area contributed by atoms with Crippen molar-refractivity contribution in [3.63, 3.8) is 0 Å². The van der Waals surface area contributed by atoms with Crippen molar-refractivity contribution < 1.29 is 4.79 Å². The zero-order valence-electron chi connectivity index (χ0n) is 14.3. The first-order chi connectivity index (χ1) is 10.9. The standard InChI is InChI=1S/C18H26N4O/c1-13(2)10-18(4,12-19)21-17(23)16-11-20-22(14(16)3)15-8-6-5-7-9-15/h5-9,11,13H,10,12,19H2,1-4H3,(H,21,23). The molecule has 1 unspecified atom stereocenters. The van der Waals surface area contributed by atoms with E-state index in [2.05, 4.69) is 24.3 Å². The van der Waals surface area contributed by atoms with E-state index in [1.54, 1.807) is 10.9 Å². The molecule has 2 rings (SSSR count). The molecule has 0 aliphatic carbocycles. The van der Waals surface area contributed by atoms with Crippen molar-refractivity contribution in [1.82, 2.24) is 15.1 Å². The van der Waals surface area contributed by atoms with Gasteiger partial charge in [0.05, 0.1) is 23.1 Å². The van der Waals surface area contributed by atoms with Gasteiger partial charge in [0, 0.05) is 12.1 Å². The fourth-order valence-corrected chi connectivity index (χ4v) is 2.89. The summed E-state index contributed by atoms with van der Waals surface area (Å²) in [5.41, 5.74) is 7.81. The van der Waals surface area contributed by atoms with E-state index in [0.717, 1.165) is 17.8 Å². The smallest absolute Gasteiger partial charge is 0.255 e. The van der Waals surface area contributed by atoms with Gasteiger partial charge in [-0.05, 0) is 38.3 Å². The number of aromatic nitrogens is 2. The van der Waals surface area contributed by atoms with Crippen LogP contribution >= 0.6 is 0 Å². The highest BCUT2D eigenvalue weighted by atomic mass is 16.1. The molecule has 0 fully saturated rings. The normalized spacial score (nSPS) is 13.8. The van der Waals surface area contributed by atoms with Crippen LogP contribution in [0.15, 0.2) is 36.5 Å². The number of carbonyl (C=O) groups excluding carboxylic acids is 1. The van der Waals surface area contributed by atoms with Crippen molar-refractivity contribution in [3.05, 3.63) is 47.8 Å². The van der Waals surface area contributed by atoms with Crippen molar-refractivity contribution in [2.24, 2.45) is 11.7 Å². The van der Waals surface area contributed by atoms with Crippen LogP contribution in [0.2, 0.25) is 0 Å². The molecule has 2 aromatic rings. The Morgan fingerprint density at radius 1 is 1.35 bits per heavy atom. The van der Waals surface area contributed by atoms with Gasteiger partial charge in [-0.25, -0.2) is 4.68 Å². The summed E-state index contributed by atoms with van der Waals surface area (Å²) in [6.07, 6.45) is 2.45. The van der Waals surface area contributed by atoms with E-state index in [1.807, 2.05) is 44.2 Å². The van der Waals surface area contributed by atoms with Crippen molar-refractivity contribution >= 4 is 5.91 Å². The lowest BCUT2D eigenvalue weighted by Crippen LogP contribution is -2.52. The van der Waals surface area contributed by atoms with Gasteiger partial charge in [0.15, 0.2) is 0 Å². The maximum atomic E-state index is 12.6. The lowest BCUT2D eigenvalue weighted by Gasteiger charge is -2.31. The second kappa shape index (κ2) is 6.96. The van der Waals surface area contributed by atoms with Gasteiger partial charge >= 0.3 is 0 Å². The lowest BCUT2D eigenvalue weighted by molar-refractivity contribution is 0.0897. The summed E-state index contributed by atoms with van der Waals surface area (Å²) in [7, 11) is 0. The molecule has 124 valence electrons. The van der Waals surface area contributed by atoms with Gasteiger partial charge in [-0.3, -0.25) is 4.79 Å². The third kappa shape index (κ3) is 3.99. The fourth-order valence-electron chi connectivity index (χ4n) is 2.89. The van der Waals surface area contributed by atoms with Crippen molar-refractivity contribution in [2.45, 2.75) is 39.7 Å². The van der Waals surface area contributed by atoms with E-state index in [0.29, 0.717) is 18.0 Å².